The zero-order valence-corrected chi connectivity index (χ0v) is 12.7. The number of rotatable bonds is 6. The van der Waals surface area contributed by atoms with Crippen LogP contribution < -0.4 is 5.73 Å². The standard InChI is InChI=1S/C14H25N3O4/c1-10(2)8-16(9-12(15)18)14(21)17-6-4-3-5-11(17)7-13(19)20/h10-11H,3-9H2,1-2H3,(H2,15,18)(H,19,20). The summed E-state index contributed by atoms with van der Waals surface area (Å²) in [5.74, 6) is -1.27. The average molecular weight is 299 g/mol. The summed E-state index contributed by atoms with van der Waals surface area (Å²) in [6, 6.07) is -0.584. The van der Waals surface area contributed by atoms with Gasteiger partial charge in [0.25, 0.3) is 0 Å². The maximum Gasteiger partial charge on any atom is 0.320 e. The van der Waals surface area contributed by atoms with Gasteiger partial charge in [0.2, 0.25) is 5.91 Å². The summed E-state index contributed by atoms with van der Waals surface area (Å²) in [7, 11) is 0. The fourth-order valence-corrected chi connectivity index (χ4v) is 2.69. The Morgan fingerprint density at radius 2 is 2.00 bits per heavy atom. The lowest BCUT2D eigenvalue weighted by Crippen LogP contribution is -2.53. The Balaban J connectivity index is 2.82. The molecule has 1 fully saturated rings. The number of urea groups is 1. The highest BCUT2D eigenvalue weighted by Crippen LogP contribution is 2.21. The number of primary amides is 1. The molecule has 0 bridgehead atoms. The quantitative estimate of drug-likeness (QED) is 0.759. The van der Waals surface area contributed by atoms with E-state index in [4.69, 9.17) is 10.8 Å². The second-order valence-corrected chi connectivity index (χ2v) is 5.96. The maximum atomic E-state index is 12.6. The zero-order chi connectivity index (χ0) is 16.0. The van der Waals surface area contributed by atoms with Crippen LogP contribution in [0.3, 0.4) is 0 Å². The summed E-state index contributed by atoms with van der Waals surface area (Å²) in [4.78, 5) is 37.7. The van der Waals surface area contributed by atoms with Crippen molar-refractivity contribution in [3.8, 4) is 0 Å². The Labute approximate surface area is 125 Å². The maximum absolute atomic E-state index is 12.6. The fraction of sp³-hybridized carbons (Fsp3) is 0.786. The number of carbonyl (C=O) groups excluding carboxylic acids is 2. The van der Waals surface area contributed by atoms with E-state index in [1.807, 2.05) is 13.8 Å². The van der Waals surface area contributed by atoms with Gasteiger partial charge in [0.1, 0.15) is 6.54 Å². The molecule has 0 aromatic heterocycles. The van der Waals surface area contributed by atoms with E-state index in [0.29, 0.717) is 19.5 Å². The molecule has 0 spiro atoms. The van der Waals surface area contributed by atoms with Gasteiger partial charge < -0.3 is 20.6 Å². The van der Waals surface area contributed by atoms with Crippen LogP contribution in [0.4, 0.5) is 4.79 Å². The van der Waals surface area contributed by atoms with E-state index < -0.39 is 11.9 Å². The number of amides is 3. The van der Waals surface area contributed by atoms with Crippen molar-refractivity contribution in [3.05, 3.63) is 0 Å². The minimum Gasteiger partial charge on any atom is -0.481 e. The van der Waals surface area contributed by atoms with Gasteiger partial charge >= 0.3 is 12.0 Å². The number of piperidine rings is 1. The molecule has 120 valence electrons. The minimum absolute atomic E-state index is 0.0577. The van der Waals surface area contributed by atoms with Gasteiger partial charge in [-0.1, -0.05) is 13.8 Å². The molecule has 3 amide bonds. The lowest BCUT2D eigenvalue weighted by atomic mass is 9.99. The highest BCUT2D eigenvalue weighted by Gasteiger charge is 2.32. The van der Waals surface area contributed by atoms with Crippen molar-refractivity contribution in [2.24, 2.45) is 11.7 Å². The van der Waals surface area contributed by atoms with Crippen LogP contribution >= 0.6 is 0 Å². The molecule has 7 nitrogen and oxygen atoms in total. The summed E-state index contributed by atoms with van der Waals surface area (Å²) < 4.78 is 0. The average Bonchev–Trinajstić information content (AvgIpc) is 2.36. The molecule has 21 heavy (non-hydrogen) atoms. The number of hydrogen-bond donors (Lipinski definition) is 2. The van der Waals surface area contributed by atoms with Crippen LogP contribution in [-0.4, -0.2) is 58.5 Å². The summed E-state index contributed by atoms with van der Waals surface area (Å²) in [6.45, 7) is 4.73. The van der Waals surface area contributed by atoms with E-state index >= 15 is 0 Å². The molecule has 0 radical (unpaired) electrons. The number of nitrogens with two attached hydrogens (primary N) is 1. The molecule has 1 aliphatic heterocycles. The van der Waals surface area contributed by atoms with E-state index in [1.54, 1.807) is 4.90 Å². The first-order valence-electron chi connectivity index (χ1n) is 7.37. The van der Waals surface area contributed by atoms with Crippen molar-refractivity contribution >= 4 is 17.9 Å². The lowest BCUT2D eigenvalue weighted by molar-refractivity contribution is -0.138. The van der Waals surface area contributed by atoms with Crippen molar-refractivity contribution < 1.29 is 19.5 Å². The van der Waals surface area contributed by atoms with E-state index in [2.05, 4.69) is 0 Å². The van der Waals surface area contributed by atoms with Gasteiger partial charge in [0, 0.05) is 19.1 Å². The van der Waals surface area contributed by atoms with Crippen LogP contribution in [0.25, 0.3) is 0 Å². The van der Waals surface area contributed by atoms with Gasteiger partial charge in [-0.15, -0.1) is 0 Å². The SMILES string of the molecule is CC(C)CN(CC(N)=O)C(=O)N1CCCCC1CC(=O)O. The lowest BCUT2D eigenvalue weighted by Gasteiger charge is -2.38. The highest BCUT2D eigenvalue weighted by molar-refractivity contribution is 5.83. The summed E-state index contributed by atoms with van der Waals surface area (Å²) in [5, 5.41) is 8.97. The topological polar surface area (TPSA) is 104 Å². The molecule has 1 heterocycles. The van der Waals surface area contributed by atoms with E-state index in [-0.39, 0.29) is 31.0 Å². The van der Waals surface area contributed by atoms with Gasteiger partial charge in [0.15, 0.2) is 0 Å². The largest absolute Gasteiger partial charge is 0.481 e. The zero-order valence-electron chi connectivity index (χ0n) is 12.7. The summed E-state index contributed by atoms with van der Waals surface area (Å²) >= 11 is 0. The van der Waals surface area contributed by atoms with Crippen molar-refractivity contribution in [2.45, 2.75) is 45.6 Å². The smallest absolute Gasteiger partial charge is 0.320 e. The molecule has 7 heteroatoms. The normalized spacial score (nSPS) is 18.6. The minimum atomic E-state index is -0.912. The Hall–Kier alpha value is -1.79. The fourth-order valence-electron chi connectivity index (χ4n) is 2.69. The monoisotopic (exact) mass is 299 g/mol. The Kier molecular flexibility index (Phi) is 6.45. The third-order valence-corrected chi connectivity index (χ3v) is 3.49. The first-order chi connectivity index (χ1) is 9.81. The second-order valence-electron chi connectivity index (χ2n) is 5.96. The molecule has 1 aliphatic rings. The van der Waals surface area contributed by atoms with E-state index in [9.17, 15) is 14.4 Å². The summed E-state index contributed by atoms with van der Waals surface area (Å²) in [6.07, 6.45) is 2.40. The van der Waals surface area contributed by atoms with Crippen LogP contribution in [0.5, 0.6) is 0 Å². The molecule has 0 aliphatic carbocycles. The molecular formula is C14H25N3O4. The van der Waals surface area contributed by atoms with Crippen molar-refractivity contribution in [1.29, 1.82) is 0 Å². The number of carboxylic acid groups (broad SMARTS) is 1. The third-order valence-electron chi connectivity index (χ3n) is 3.49. The molecule has 1 unspecified atom stereocenters. The Morgan fingerprint density at radius 1 is 1.33 bits per heavy atom. The first kappa shape index (κ1) is 17.3. The molecule has 1 rings (SSSR count). The first-order valence-corrected chi connectivity index (χ1v) is 7.37. The predicted octanol–water partition coefficient (Wildman–Crippen LogP) is 0.879. The number of carbonyl (C=O) groups is 3. The molecule has 1 saturated heterocycles. The van der Waals surface area contributed by atoms with Gasteiger partial charge in [-0.3, -0.25) is 9.59 Å². The van der Waals surface area contributed by atoms with Gasteiger partial charge in [-0.05, 0) is 25.2 Å². The van der Waals surface area contributed by atoms with E-state index in [1.165, 1.54) is 4.90 Å². The van der Waals surface area contributed by atoms with Crippen molar-refractivity contribution in [3.63, 3.8) is 0 Å². The van der Waals surface area contributed by atoms with Crippen LogP contribution in [0.15, 0.2) is 0 Å². The van der Waals surface area contributed by atoms with Crippen molar-refractivity contribution in [1.82, 2.24) is 9.80 Å². The van der Waals surface area contributed by atoms with Crippen LogP contribution in [0.2, 0.25) is 0 Å². The molecule has 1 atom stereocenters. The van der Waals surface area contributed by atoms with Crippen LogP contribution in [0.1, 0.15) is 39.5 Å². The third kappa shape index (κ3) is 5.61. The number of hydrogen-bond acceptors (Lipinski definition) is 3. The molecule has 0 aromatic carbocycles. The number of carboxylic acids is 1. The predicted molar refractivity (Wildman–Crippen MR) is 77.6 cm³/mol. The highest BCUT2D eigenvalue weighted by atomic mass is 16.4. The number of aliphatic carboxylic acids is 1. The van der Waals surface area contributed by atoms with Crippen molar-refractivity contribution in [2.75, 3.05) is 19.6 Å². The molecule has 3 N–H and O–H groups in total. The molecular weight excluding hydrogens is 274 g/mol. The van der Waals surface area contributed by atoms with Crippen LogP contribution in [0, 0.1) is 5.92 Å². The van der Waals surface area contributed by atoms with Gasteiger partial charge in [0.05, 0.1) is 6.42 Å². The number of likely N-dealkylation sites (tertiary alicyclic amines) is 1. The van der Waals surface area contributed by atoms with E-state index in [0.717, 1.165) is 12.8 Å². The second kappa shape index (κ2) is 7.85. The molecule has 0 saturated carbocycles. The van der Waals surface area contributed by atoms with Gasteiger partial charge in [-0.2, -0.15) is 0 Å². The Bertz CT molecular complexity index is 398. The summed E-state index contributed by atoms with van der Waals surface area (Å²) in [5.41, 5.74) is 5.21. The Morgan fingerprint density at radius 3 is 2.52 bits per heavy atom. The van der Waals surface area contributed by atoms with Crippen LogP contribution in [-0.2, 0) is 9.59 Å². The van der Waals surface area contributed by atoms with Gasteiger partial charge in [-0.25, -0.2) is 4.79 Å². The molecule has 0 aromatic rings. The number of nitrogens with zero attached hydrogens (tertiary/aromatic N) is 2.